The van der Waals surface area contributed by atoms with Crippen LogP contribution in [0.4, 0.5) is 17.1 Å². The topological polar surface area (TPSA) is 21.3 Å². The highest BCUT2D eigenvalue weighted by Gasteiger charge is 2.23. The Morgan fingerprint density at radius 2 is 0.930 bits per heavy atom. The van der Waals surface area contributed by atoms with Gasteiger partial charge in [-0.05, 0) is 76.9 Å². The van der Waals surface area contributed by atoms with Gasteiger partial charge in [0.05, 0.1) is 22.4 Å². The van der Waals surface area contributed by atoms with E-state index in [0.29, 0.717) is 0 Å². The molecule has 0 spiro atoms. The number of benzene rings is 9. The number of nitrogens with zero attached hydrogens (tertiary/aromatic N) is 2. The molecule has 3 nitrogen and oxygen atoms in total. The molecule has 268 valence electrons. The third kappa shape index (κ3) is 5.43. The van der Waals surface area contributed by atoms with Crippen LogP contribution in [0, 0.1) is 0 Å². The molecule has 0 atom stereocenters. The predicted molar refractivity (Wildman–Crippen MR) is 239 cm³/mol. The second-order valence-corrected chi connectivity index (χ2v) is 14.5. The van der Waals surface area contributed by atoms with Crippen LogP contribution in [-0.4, -0.2) is 4.57 Å². The Morgan fingerprint density at radius 3 is 1.77 bits per heavy atom. The molecule has 0 aliphatic rings. The fourth-order valence-electron chi connectivity index (χ4n) is 8.72. The van der Waals surface area contributed by atoms with Crippen LogP contribution in [0.3, 0.4) is 0 Å². The standard InChI is InChI=1S/C54H36N2O/c1-3-18-37(19-4-1)41-24-7-8-25-42(41)38-20-15-23-40(36-38)55(39-21-5-2-6-22-39)50-33-17-34-51-53(50)47-28-10-13-32-49(47)56(51)48-31-12-9-26-43(48)45-29-16-30-46-44-27-11-14-35-52(44)57-54(45)46/h1-36H. The van der Waals surface area contributed by atoms with Gasteiger partial charge < -0.3 is 13.9 Å². The van der Waals surface area contributed by atoms with Crippen LogP contribution in [0.25, 0.3) is 82.8 Å². The normalized spacial score (nSPS) is 11.5. The van der Waals surface area contributed by atoms with Crippen molar-refractivity contribution in [2.45, 2.75) is 0 Å². The van der Waals surface area contributed by atoms with Crippen LogP contribution in [-0.2, 0) is 0 Å². The van der Waals surface area contributed by atoms with Gasteiger partial charge in [-0.1, -0.05) is 164 Å². The van der Waals surface area contributed by atoms with E-state index >= 15 is 0 Å². The molecule has 57 heavy (non-hydrogen) atoms. The van der Waals surface area contributed by atoms with Gasteiger partial charge in [-0.25, -0.2) is 0 Å². The van der Waals surface area contributed by atoms with E-state index in [2.05, 4.69) is 222 Å². The number of rotatable bonds is 7. The summed E-state index contributed by atoms with van der Waals surface area (Å²) in [5.74, 6) is 0. The molecular weight excluding hydrogens is 693 g/mol. The summed E-state index contributed by atoms with van der Waals surface area (Å²) in [4.78, 5) is 2.41. The molecule has 0 saturated carbocycles. The number of furan rings is 1. The molecule has 9 aromatic carbocycles. The van der Waals surface area contributed by atoms with Gasteiger partial charge in [0.1, 0.15) is 11.2 Å². The largest absolute Gasteiger partial charge is 0.455 e. The number of hydrogen-bond acceptors (Lipinski definition) is 2. The molecule has 11 rings (SSSR count). The van der Waals surface area contributed by atoms with E-state index in [9.17, 15) is 0 Å². The lowest BCUT2D eigenvalue weighted by Crippen LogP contribution is -2.10. The summed E-state index contributed by atoms with van der Waals surface area (Å²) in [7, 11) is 0. The number of aromatic nitrogens is 1. The van der Waals surface area contributed by atoms with Gasteiger partial charge in [0.2, 0.25) is 0 Å². The van der Waals surface area contributed by atoms with Crippen molar-refractivity contribution in [2.75, 3.05) is 4.90 Å². The Kier molecular flexibility index (Phi) is 7.82. The first-order valence-electron chi connectivity index (χ1n) is 19.4. The van der Waals surface area contributed by atoms with E-state index in [-0.39, 0.29) is 0 Å². The minimum Gasteiger partial charge on any atom is -0.455 e. The van der Waals surface area contributed by atoms with Crippen molar-refractivity contribution >= 4 is 60.8 Å². The van der Waals surface area contributed by atoms with E-state index in [1.165, 1.54) is 27.5 Å². The highest BCUT2D eigenvalue weighted by atomic mass is 16.3. The average molecular weight is 729 g/mol. The van der Waals surface area contributed by atoms with Crippen LogP contribution in [0.15, 0.2) is 223 Å². The number of anilines is 3. The maximum atomic E-state index is 6.59. The highest BCUT2D eigenvalue weighted by Crippen LogP contribution is 2.46. The lowest BCUT2D eigenvalue weighted by molar-refractivity contribution is 0.670. The zero-order chi connectivity index (χ0) is 37.7. The summed E-state index contributed by atoms with van der Waals surface area (Å²) >= 11 is 0. The Balaban J connectivity index is 1.14. The zero-order valence-corrected chi connectivity index (χ0v) is 31.1. The van der Waals surface area contributed by atoms with E-state index in [1.807, 2.05) is 6.07 Å². The van der Waals surface area contributed by atoms with Crippen molar-refractivity contribution < 1.29 is 4.42 Å². The summed E-state index contributed by atoms with van der Waals surface area (Å²) in [6, 6.07) is 78.0. The van der Waals surface area contributed by atoms with Crippen molar-refractivity contribution in [3.8, 4) is 39.1 Å². The maximum Gasteiger partial charge on any atom is 0.143 e. The van der Waals surface area contributed by atoms with Crippen LogP contribution < -0.4 is 4.90 Å². The minimum absolute atomic E-state index is 0.896. The van der Waals surface area contributed by atoms with Crippen molar-refractivity contribution in [2.24, 2.45) is 0 Å². The molecule has 2 heterocycles. The predicted octanol–water partition coefficient (Wildman–Crippen LogP) is 15.2. The van der Waals surface area contributed by atoms with E-state index in [0.717, 1.165) is 72.4 Å². The summed E-state index contributed by atoms with van der Waals surface area (Å²) in [6.07, 6.45) is 0. The number of hydrogen-bond donors (Lipinski definition) is 0. The molecule has 0 fully saturated rings. The fourth-order valence-corrected chi connectivity index (χ4v) is 8.72. The zero-order valence-electron chi connectivity index (χ0n) is 31.1. The molecule has 3 heteroatoms. The van der Waals surface area contributed by atoms with Crippen molar-refractivity contribution in [1.82, 2.24) is 4.57 Å². The number of para-hydroxylation sites is 5. The Bertz CT molecular complexity index is 3250. The lowest BCUT2D eigenvalue weighted by atomic mass is 9.94. The molecule has 0 radical (unpaired) electrons. The molecule has 11 aromatic rings. The molecule has 0 amide bonds. The molecule has 0 N–H and O–H groups in total. The van der Waals surface area contributed by atoms with Crippen LogP contribution >= 0.6 is 0 Å². The smallest absolute Gasteiger partial charge is 0.143 e. The Labute approximate surface area is 330 Å². The summed E-state index contributed by atoms with van der Waals surface area (Å²) in [5, 5.41) is 4.62. The first-order chi connectivity index (χ1) is 28.3. The molecule has 0 aliphatic carbocycles. The van der Waals surface area contributed by atoms with Gasteiger partial charge >= 0.3 is 0 Å². The first kappa shape index (κ1) is 32.8. The van der Waals surface area contributed by atoms with Gasteiger partial charge in [-0.3, -0.25) is 0 Å². The van der Waals surface area contributed by atoms with Gasteiger partial charge in [-0.15, -0.1) is 0 Å². The van der Waals surface area contributed by atoms with Crippen molar-refractivity contribution in [3.63, 3.8) is 0 Å². The Morgan fingerprint density at radius 1 is 0.368 bits per heavy atom. The molecule has 0 bridgehead atoms. The van der Waals surface area contributed by atoms with Crippen LogP contribution in [0.1, 0.15) is 0 Å². The first-order valence-corrected chi connectivity index (χ1v) is 19.4. The van der Waals surface area contributed by atoms with Crippen molar-refractivity contribution in [3.05, 3.63) is 218 Å². The second-order valence-electron chi connectivity index (χ2n) is 14.5. The molecule has 2 aromatic heterocycles. The maximum absolute atomic E-state index is 6.59. The molecular formula is C54H36N2O. The quantitative estimate of drug-likeness (QED) is 0.163. The van der Waals surface area contributed by atoms with Gasteiger partial charge in [0.25, 0.3) is 0 Å². The molecule has 0 aliphatic heterocycles. The number of fused-ring (bicyclic) bond motifs is 6. The highest BCUT2D eigenvalue weighted by molar-refractivity contribution is 6.17. The van der Waals surface area contributed by atoms with E-state index in [1.54, 1.807) is 0 Å². The second kappa shape index (κ2) is 13.6. The Hall–Kier alpha value is -7.62. The monoisotopic (exact) mass is 728 g/mol. The van der Waals surface area contributed by atoms with Gasteiger partial charge in [-0.2, -0.15) is 0 Å². The fraction of sp³-hybridized carbons (Fsp3) is 0. The third-order valence-electron chi connectivity index (χ3n) is 11.2. The third-order valence-corrected chi connectivity index (χ3v) is 11.2. The average Bonchev–Trinajstić information content (AvgIpc) is 3.84. The SMILES string of the molecule is c1ccc(-c2ccccc2-c2cccc(N(c3ccccc3)c3cccc4c3c3ccccc3n4-c3ccccc3-c3cccc4c3oc3ccccc34)c2)cc1. The summed E-state index contributed by atoms with van der Waals surface area (Å²) in [6.45, 7) is 0. The van der Waals surface area contributed by atoms with Gasteiger partial charge in [0.15, 0.2) is 0 Å². The van der Waals surface area contributed by atoms with E-state index < -0.39 is 0 Å². The summed E-state index contributed by atoms with van der Waals surface area (Å²) < 4.78 is 9.02. The van der Waals surface area contributed by atoms with Crippen LogP contribution in [0.5, 0.6) is 0 Å². The van der Waals surface area contributed by atoms with E-state index in [4.69, 9.17) is 4.42 Å². The summed E-state index contributed by atoms with van der Waals surface area (Å²) in [5.41, 5.74) is 15.4. The van der Waals surface area contributed by atoms with Crippen molar-refractivity contribution in [1.29, 1.82) is 0 Å². The molecule has 0 saturated heterocycles. The van der Waals surface area contributed by atoms with Gasteiger partial charge in [0, 0.05) is 44.0 Å². The lowest BCUT2D eigenvalue weighted by Gasteiger charge is -2.27. The minimum atomic E-state index is 0.896. The van der Waals surface area contributed by atoms with Crippen LogP contribution in [0.2, 0.25) is 0 Å². The molecule has 0 unspecified atom stereocenters.